The summed E-state index contributed by atoms with van der Waals surface area (Å²) in [6.07, 6.45) is 1.05. The number of aryl methyl sites for hydroxylation is 2. The fourth-order valence-electron chi connectivity index (χ4n) is 4.32. The summed E-state index contributed by atoms with van der Waals surface area (Å²) in [5.74, 6) is 0.0533. The van der Waals surface area contributed by atoms with Crippen molar-refractivity contribution in [2.75, 3.05) is 18.0 Å². The van der Waals surface area contributed by atoms with Gasteiger partial charge in [-0.1, -0.05) is 17.7 Å². The first kappa shape index (κ1) is 25.0. The third kappa shape index (κ3) is 5.83. The normalized spacial score (nSPS) is 12.9. The number of ether oxygens (including phenoxy) is 1. The molecule has 0 atom stereocenters. The van der Waals surface area contributed by atoms with E-state index in [2.05, 4.69) is 44.4 Å². The minimum atomic E-state index is -0.397. The zero-order valence-corrected chi connectivity index (χ0v) is 21.8. The predicted molar refractivity (Wildman–Crippen MR) is 150 cm³/mol. The van der Waals surface area contributed by atoms with Crippen LogP contribution in [-0.4, -0.2) is 19.1 Å². The minimum absolute atomic E-state index is 0.397. The molecule has 1 aliphatic rings. The fourth-order valence-corrected chi connectivity index (χ4v) is 4.32. The van der Waals surface area contributed by atoms with Crippen LogP contribution in [0.2, 0.25) is 0 Å². The van der Waals surface area contributed by atoms with Crippen molar-refractivity contribution >= 4 is 34.4 Å². The van der Waals surface area contributed by atoms with Crippen molar-refractivity contribution in [1.29, 1.82) is 0 Å². The molecule has 0 saturated heterocycles. The van der Waals surface area contributed by atoms with E-state index in [1.165, 1.54) is 11.3 Å². The van der Waals surface area contributed by atoms with Gasteiger partial charge in [0.2, 0.25) is 0 Å². The van der Waals surface area contributed by atoms with Crippen LogP contribution in [0.25, 0.3) is 0 Å². The van der Waals surface area contributed by atoms with Gasteiger partial charge in [0.1, 0.15) is 5.75 Å². The summed E-state index contributed by atoms with van der Waals surface area (Å²) in [5, 5.41) is 17.6. The number of carbonyl (C=O) groups excluding carboxylic acids is 1. The van der Waals surface area contributed by atoms with Crippen molar-refractivity contribution < 1.29 is 9.53 Å². The molecule has 5 rings (SSSR count). The molecule has 4 aromatic rings. The number of fused-ring (bicyclic) bond motifs is 1. The molecule has 1 heterocycles. The molecule has 38 heavy (non-hydrogen) atoms. The number of anilines is 1. The molecule has 0 bridgehead atoms. The molecule has 7 heteroatoms. The maximum Gasteiger partial charge on any atom is 0.343 e. The van der Waals surface area contributed by atoms with Gasteiger partial charge in [-0.15, -0.1) is 0 Å². The van der Waals surface area contributed by atoms with Gasteiger partial charge in [0, 0.05) is 18.8 Å². The highest BCUT2D eigenvalue weighted by Gasteiger charge is 2.17. The Labute approximate surface area is 222 Å². The molecule has 0 amide bonds. The zero-order chi connectivity index (χ0) is 26.5. The number of rotatable bonds is 7. The topological polar surface area (TPSA) is 79.0 Å². The lowest BCUT2D eigenvalue weighted by Crippen LogP contribution is -2.18. The van der Waals surface area contributed by atoms with Crippen LogP contribution in [0.3, 0.4) is 0 Å². The molecule has 0 fully saturated rings. The van der Waals surface area contributed by atoms with Gasteiger partial charge in [-0.25, -0.2) is 4.79 Å². The first-order valence-electron chi connectivity index (χ1n) is 12.7. The van der Waals surface area contributed by atoms with Gasteiger partial charge < -0.3 is 9.64 Å². The summed E-state index contributed by atoms with van der Waals surface area (Å²) in [7, 11) is 0. The van der Waals surface area contributed by atoms with Crippen molar-refractivity contribution in [2.45, 2.75) is 27.2 Å². The molecule has 0 spiro atoms. The van der Waals surface area contributed by atoms with Gasteiger partial charge in [-0.2, -0.15) is 20.5 Å². The lowest BCUT2D eigenvalue weighted by atomic mass is 10.1. The van der Waals surface area contributed by atoms with Crippen LogP contribution < -0.4 is 9.64 Å². The summed E-state index contributed by atoms with van der Waals surface area (Å²) in [6, 6.07) is 26.2. The Morgan fingerprint density at radius 3 is 2.18 bits per heavy atom. The van der Waals surface area contributed by atoms with Crippen LogP contribution >= 0.6 is 0 Å². The van der Waals surface area contributed by atoms with Gasteiger partial charge in [0.15, 0.2) is 0 Å². The average Bonchev–Trinajstić information content (AvgIpc) is 3.35. The largest absolute Gasteiger partial charge is 0.423 e. The van der Waals surface area contributed by atoms with E-state index in [9.17, 15) is 4.79 Å². The smallest absolute Gasteiger partial charge is 0.343 e. The van der Waals surface area contributed by atoms with Gasteiger partial charge in [0.25, 0.3) is 0 Å². The standard InChI is InChI=1S/C31H29N5O2/c1-4-36-18-17-24-20-27(12-16-30(24)36)34-35-29-15-11-26(19-22(29)3)33-32-25-9-13-28(14-10-25)38-31(37)23-7-5-21(2)6-8-23/h5-16,19-20H,4,17-18H2,1-3H3. The summed E-state index contributed by atoms with van der Waals surface area (Å²) in [4.78, 5) is 14.7. The number of esters is 1. The second kappa shape index (κ2) is 11.2. The van der Waals surface area contributed by atoms with Crippen LogP contribution in [0.5, 0.6) is 5.75 Å². The molecule has 0 unspecified atom stereocenters. The van der Waals surface area contributed by atoms with E-state index in [-0.39, 0.29) is 0 Å². The molecule has 4 aromatic carbocycles. The van der Waals surface area contributed by atoms with E-state index in [1.807, 2.05) is 50.2 Å². The van der Waals surface area contributed by atoms with Gasteiger partial charge in [0.05, 0.1) is 28.3 Å². The highest BCUT2D eigenvalue weighted by molar-refractivity contribution is 5.91. The highest BCUT2D eigenvalue weighted by atomic mass is 16.5. The Kier molecular flexibility index (Phi) is 7.35. The van der Waals surface area contributed by atoms with Crippen LogP contribution in [0.1, 0.15) is 34.0 Å². The van der Waals surface area contributed by atoms with Crippen LogP contribution in [-0.2, 0) is 6.42 Å². The van der Waals surface area contributed by atoms with E-state index in [4.69, 9.17) is 4.74 Å². The van der Waals surface area contributed by atoms with E-state index < -0.39 is 5.97 Å². The lowest BCUT2D eigenvalue weighted by molar-refractivity contribution is 0.0735. The molecule has 0 saturated carbocycles. The first-order chi connectivity index (χ1) is 18.5. The van der Waals surface area contributed by atoms with Crippen LogP contribution in [0, 0.1) is 13.8 Å². The first-order valence-corrected chi connectivity index (χ1v) is 12.7. The third-order valence-corrected chi connectivity index (χ3v) is 6.51. The maximum absolute atomic E-state index is 12.3. The SMILES string of the molecule is CCN1CCc2cc(N=Nc3ccc(N=Nc4ccc(OC(=O)c5ccc(C)cc5)cc4)cc3C)ccc21. The number of nitrogens with zero attached hydrogens (tertiary/aromatic N) is 5. The van der Waals surface area contributed by atoms with E-state index in [0.717, 1.165) is 42.0 Å². The molecule has 0 aliphatic carbocycles. The Balaban J connectivity index is 1.20. The van der Waals surface area contributed by atoms with E-state index >= 15 is 0 Å². The highest BCUT2D eigenvalue weighted by Crippen LogP contribution is 2.33. The third-order valence-electron chi connectivity index (χ3n) is 6.51. The van der Waals surface area contributed by atoms with E-state index in [0.29, 0.717) is 22.7 Å². The monoisotopic (exact) mass is 503 g/mol. The predicted octanol–water partition coefficient (Wildman–Crippen LogP) is 8.74. The quantitative estimate of drug-likeness (QED) is 0.144. The number of carbonyl (C=O) groups is 1. The minimum Gasteiger partial charge on any atom is -0.423 e. The fraction of sp³-hybridized carbons (Fsp3) is 0.194. The van der Waals surface area contributed by atoms with Crippen molar-refractivity contribution in [1.82, 2.24) is 0 Å². The lowest BCUT2D eigenvalue weighted by Gasteiger charge is -2.16. The second-order valence-electron chi connectivity index (χ2n) is 9.26. The Morgan fingerprint density at radius 1 is 0.789 bits per heavy atom. The number of azo groups is 2. The van der Waals surface area contributed by atoms with Crippen molar-refractivity contribution in [3.63, 3.8) is 0 Å². The van der Waals surface area contributed by atoms with Gasteiger partial charge in [-0.05, 0) is 111 Å². The molecule has 0 radical (unpaired) electrons. The van der Waals surface area contributed by atoms with Crippen LogP contribution in [0.4, 0.5) is 28.4 Å². The van der Waals surface area contributed by atoms with Crippen molar-refractivity contribution in [2.24, 2.45) is 20.5 Å². The summed E-state index contributed by atoms with van der Waals surface area (Å²) < 4.78 is 5.44. The van der Waals surface area contributed by atoms with Crippen molar-refractivity contribution in [3.05, 3.63) is 107 Å². The average molecular weight is 504 g/mol. The van der Waals surface area contributed by atoms with Crippen molar-refractivity contribution in [3.8, 4) is 5.75 Å². The summed E-state index contributed by atoms with van der Waals surface area (Å²) in [6.45, 7) is 8.21. The number of likely N-dealkylation sites (N-methyl/N-ethyl adjacent to an activating group) is 1. The van der Waals surface area contributed by atoms with Gasteiger partial charge in [-0.3, -0.25) is 0 Å². The molecule has 190 valence electrons. The number of hydrogen-bond acceptors (Lipinski definition) is 7. The summed E-state index contributed by atoms with van der Waals surface area (Å²) >= 11 is 0. The second-order valence-corrected chi connectivity index (χ2v) is 9.26. The molecular weight excluding hydrogens is 474 g/mol. The molecular formula is C31H29N5O2. The maximum atomic E-state index is 12.3. The summed E-state index contributed by atoms with van der Waals surface area (Å²) in [5.41, 5.74) is 8.20. The Morgan fingerprint density at radius 2 is 1.45 bits per heavy atom. The molecule has 7 nitrogen and oxygen atoms in total. The van der Waals surface area contributed by atoms with Gasteiger partial charge >= 0.3 is 5.97 Å². The Hall–Kier alpha value is -4.65. The molecule has 0 N–H and O–H groups in total. The number of hydrogen-bond donors (Lipinski definition) is 0. The number of benzene rings is 4. The Bertz CT molecular complexity index is 1510. The molecule has 0 aromatic heterocycles. The van der Waals surface area contributed by atoms with Crippen LogP contribution in [0.15, 0.2) is 105 Å². The van der Waals surface area contributed by atoms with E-state index in [1.54, 1.807) is 36.4 Å². The molecule has 1 aliphatic heterocycles. The zero-order valence-electron chi connectivity index (χ0n) is 21.8.